The van der Waals surface area contributed by atoms with E-state index in [0.717, 1.165) is 50.5 Å². The van der Waals surface area contributed by atoms with Crippen molar-refractivity contribution in [2.45, 2.75) is 51.3 Å². The predicted molar refractivity (Wildman–Crippen MR) is 140 cm³/mol. The SMILES string of the molecule is Cc1ccn(CCCOc2ccc(CN3CCCC(O)(COc4ccc(Cl)c(Cl)c4)CC3)cc2)n1. The Kier molecular flexibility index (Phi) is 8.95. The third-order valence-corrected chi connectivity index (χ3v) is 7.05. The second-order valence-electron chi connectivity index (χ2n) is 9.28. The quantitative estimate of drug-likeness (QED) is 0.346. The second kappa shape index (κ2) is 12.1. The van der Waals surface area contributed by atoms with Gasteiger partial charge in [-0.1, -0.05) is 35.3 Å². The minimum absolute atomic E-state index is 0.241. The molecule has 4 rings (SSSR count). The molecule has 1 N–H and O–H groups in total. The first-order valence-corrected chi connectivity index (χ1v) is 12.9. The number of rotatable bonds is 10. The van der Waals surface area contributed by atoms with Crippen molar-refractivity contribution in [3.8, 4) is 11.5 Å². The Hall–Kier alpha value is -2.25. The Bertz CT molecular complexity index is 1090. The van der Waals surface area contributed by atoms with Crippen molar-refractivity contribution in [3.63, 3.8) is 0 Å². The zero-order chi connectivity index (χ0) is 24.7. The van der Waals surface area contributed by atoms with Gasteiger partial charge in [-0.25, -0.2) is 0 Å². The van der Waals surface area contributed by atoms with Gasteiger partial charge >= 0.3 is 0 Å². The minimum atomic E-state index is -0.854. The van der Waals surface area contributed by atoms with Gasteiger partial charge in [0.25, 0.3) is 0 Å². The van der Waals surface area contributed by atoms with Crippen LogP contribution in [0.4, 0.5) is 0 Å². The van der Waals surface area contributed by atoms with Gasteiger partial charge < -0.3 is 14.6 Å². The molecular weight excluding hydrogens is 485 g/mol. The van der Waals surface area contributed by atoms with Crippen LogP contribution in [0.3, 0.4) is 0 Å². The molecule has 1 atom stereocenters. The van der Waals surface area contributed by atoms with Gasteiger partial charge in [0.2, 0.25) is 0 Å². The Balaban J connectivity index is 1.19. The van der Waals surface area contributed by atoms with Crippen molar-refractivity contribution in [2.24, 2.45) is 0 Å². The Morgan fingerprint density at radius 2 is 1.77 bits per heavy atom. The van der Waals surface area contributed by atoms with E-state index >= 15 is 0 Å². The summed E-state index contributed by atoms with van der Waals surface area (Å²) in [6, 6.07) is 15.5. The fourth-order valence-electron chi connectivity index (χ4n) is 4.28. The van der Waals surface area contributed by atoms with Crippen LogP contribution in [0.1, 0.15) is 36.9 Å². The minimum Gasteiger partial charge on any atom is -0.494 e. The summed E-state index contributed by atoms with van der Waals surface area (Å²) in [6.07, 6.45) is 5.18. The van der Waals surface area contributed by atoms with Crippen LogP contribution in [0.5, 0.6) is 11.5 Å². The zero-order valence-electron chi connectivity index (χ0n) is 20.1. The maximum Gasteiger partial charge on any atom is 0.121 e. The van der Waals surface area contributed by atoms with Crippen LogP contribution < -0.4 is 9.47 Å². The molecule has 8 heteroatoms. The van der Waals surface area contributed by atoms with Crippen LogP contribution in [0.2, 0.25) is 10.0 Å². The van der Waals surface area contributed by atoms with E-state index in [1.807, 2.05) is 36.0 Å². The Morgan fingerprint density at radius 1 is 0.971 bits per heavy atom. The average molecular weight is 518 g/mol. The van der Waals surface area contributed by atoms with Gasteiger partial charge in [0.15, 0.2) is 0 Å². The fourth-order valence-corrected chi connectivity index (χ4v) is 4.56. The molecule has 2 heterocycles. The monoisotopic (exact) mass is 517 g/mol. The van der Waals surface area contributed by atoms with Gasteiger partial charge in [-0.15, -0.1) is 0 Å². The highest BCUT2D eigenvalue weighted by Gasteiger charge is 2.31. The van der Waals surface area contributed by atoms with Crippen molar-refractivity contribution in [2.75, 3.05) is 26.3 Å². The van der Waals surface area contributed by atoms with Gasteiger partial charge in [-0.05, 0) is 68.6 Å². The number of ether oxygens (including phenoxy) is 2. The zero-order valence-corrected chi connectivity index (χ0v) is 21.6. The van der Waals surface area contributed by atoms with Crippen LogP contribution in [0.25, 0.3) is 0 Å². The summed E-state index contributed by atoms with van der Waals surface area (Å²) in [5, 5.41) is 16.4. The largest absolute Gasteiger partial charge is 0.494 e. The molecule has 0 bridgehead atoms. The van der Waals surface area contributed by atoms with Crippen molar-refractivity contribution in [1.82, 2.24) is 14.7 Å². The molecule has 35 heavy (non-hydrogen) atoms. The van der Waals surface area contributed by atoms with Gasteiger partial charge in [0.05, 0.1) is 27.9 Å². The summed E-state index contributed by atoms with van der Waals surface area (Å²) >= 11 is 12.0. The summed E-state index contributed by atoms with van der Waals surface area (Å²) in [6.45, 7) is 6.35. The first kappa shape index (κ1) is 25.8. The van der Waals surface area contributed by atoms with Crippen LogP contribution >= 0.6 is 23.2 Å². The summed E-state index contributed by atoms with van der Waals surface area (Å²) in [5.41, 5.74) is 1.42. The van der Waals surface area contributed by atoms with Crippen LogP contribution in [0.15, 0.2) is 54.7 Å². The lowest BCUT2D eigenvalue weighted by Crippen LogP contribution is -2.37. The number of hydrogen-bond donors (Lipinski definition) is 1. The molecule has 0 amide bonds. The topological polar surface area (TPSA) is 59.8 Å². The Labute approximate surface area is 217 Å². The molecule has 3 aromatic rings. The number of hydrogen-bond acceptors (Lipinski definition) is 5. The third kappa shape index (κ3) is 7.87. The van der Waals surface area contributed by atoms with Gasteiger partial charge in [-0.2, -0.15) is 5.10 Å². The van der Waals surface area contributed by atoms with Crippen molar-refractivity contribution < 1.29 is 14.6 Å². The highest BCUT2D eigenvalue weighted by atomic mass is 35.5. The molecule has 0 radical (unpaired) electrons. The lowest BCUT2D eigenvalue weighted by Gasteiger charge is -2.27. The third-order valence-electron chi connectivity index (χ3n) is 6.31. The Morgan fingerprint density at radius 3 is 2.51 bits per heavy atom. The molecule has 1 aromatic heterocycles. The first-order valence-electron chi connectivity index (χ1n) is 12.1. The number of aliphatic hydroxyl groups is 1. The van der Waals surface area contributed by atoms with E-state index in [0.29, 0.717) is 35.2 Å². The molecule has 1 aliphatic heterocycles. The maximum absolute atomic E-state index is 11.1. The van der Waals surface area contributed by atoms with E-state index in [4.69, 9.17) is 32.7 Å². The molecule has 1 saturated heterocycles. The van der Waals surface area contributed by atoms with Crippen LogP contribution in [-0.2, 0) is 13.1 Å². The lowest BCUT2D eigenvalue weighted by atomic mass is 9.96. The van der Waals surface area contributed by atoms with Gasteiger partial charge in [0.1, 0.15) is 18.1 Å². The molecule has 0 aliphatic carbocycles. The van der Waals surface area contributed by atoms with Crippen LogP contribution in [0, 0.1) is 6.92 Å². The number of aryl methyl sites for hydroxylation is 2. The normalized spacial score (nSPS) is 18.9. The highest BCUT2D eigenvalue weighted by molar-refractivity contribution is 6.42. The number of halogens is 2. The molecule has 1 unspecified atom stereocenters. The standard InChI is InChI=1S/C27H33Cl2N3O3/c1-21-10-15-32(30-21)14-3-17-34-23-6-4-22(5-7-23)19-31-13-2-11-27(33,12-16-31)20-35-24-8-9-25(28)26(29)18-24/h4-10,15,18,33H,2-3,11-14,16-17,19-20H2,1H3. The molecule has 0 spiro atoms. The number of nitrogens with zero attached hydrogens (tertiary/aromatic N) is 3. The van der Waals surface area contributed by atoms with E-state index < -0.39 is 5.60 Å². The fraction of sp³-hybridized carbons (Fsp3) is 0.444. The molecule has 2 aromatic carbocycles. The van der Waals surface area contributed by atoms with Crippen molar-refractivity contribution in [3.05, 3.63) is 76.0 Å². The van der Waals surface area contributed by atoms with Crippen molar-refractivity contribution >= 4 is 23.2 Å². The predicted octanol–water partition coefficient (Wildman–Crippen LogP) is 5.76. The smallest absolute Gasteiger partial charge is 0.121 e. The molecule has 6 nitrogen and oxygen atoms in total. The maximum atomic E-state index is 11.1. The van der Waals surface area contributed by atoms with Gasteiger partial charge in [0, 0.05) is 38.3 Å². The first-order chi connectivity index (χ1) is 16.9. The van der Waals surface area contributed by atoms with E-state index in [9.17, 15) is 5.11 Å². The van der Waals surface area contributed by atoms with E-state index in [2.05, 4.69) is 22.1 Å². The molecule has 1 aliphatic rings. The van der Waals surface area contributed by atoms with E-state index in [1.165, 1.54) is 5.56 Å². The molecule has 0 saturated carbocycles. The number of likely N-dealkylation sites (tertiary alicyclic amines) is 1. The summed E-state index contributed by atoms with van der Waals surface area (Å²) in [5.74, 6) is 1.50. The second-order valence-corrected chi connectivity index (χ2v) is 10.1. The number of benzene rings is 2. The summed E-state index contributed by atoms with van der Waals surface area (Å²) < 4.78 is 13.7. The summed E-state index contributed by atoms with van der Waals surface area (Å²) in [7, 11) is 0. The van der Waals surface area contributed by atoms with Crippen molar-refractivity contribution in [1.29, 1.82) is 0 Å². The lowest BCUT2D eigenvalue weighted by molar-refractivity contribution is -0.0168. The number of aromatic nitrogens is 2. The summed E-state index contributed by atoms with van der Waals surface area (Å²) in [4.78, 5) is 2.39. The van der Waals surface area contributed by atoms with Crippen LogP contribution in [-0.4, -0.2) is 51.7 Å². The highest BCUT2D eigenvalue weighted by Crippen LogP contribution is 2.29. The van der Waals surface area contributed by atoms with E-state index in [-0.39, 0.29) is 6.61 Å². The molecular formula is C27H33Cl2N3O3. The van der Waals surface area contributed by atoms with E-state index in [1.54, 1.807) is 18.2 Å². The van der Waals surface area contributed by atoms with Gasteiger partial charge in [-0.3, -0.25) is 9.58 Å². The molecule has 188 valence electrons. The molecule has 1 fully saturated rings. The average Bonchev–Trinajstić information content (AvgIpc) is 3.17.